The molecule has 0 aliphatic rings. The van der Waals surface area contributed by atoms with Crippen molar-refractivity contribution in [1.29, 1.82) is 0 Å². The molecule has 0 heterocycles. The number of hydrogen-bond donors (Lipinski definition) is 1. The molecular weight excluding hydrogens is 275 g/mol. The van der Waals surface area contributed by atoms with Gasteiger partial charge in [0.15, 0.2) is 18.2 Å². The molecule has 0 amide bonds. The molecule has 0 aromatic heterocycles. The number of ether oxygens (including phenoxy) is 1. The van der Waals surface area contributed by atoms with E-state index in [1.54, 1.807) is 0 Å². The van der Waals surface area contributed by atoms with Crippen molar-refractivity contribution in [1.82, 2.24) is 0 Å². The highest BCUT2D eigenvalue weighted by molar-refractivity contribution is 9.10. The lowest BCUT2D eigenvalue weighted by molar-refractivity contribution is -0.0241. The van der Waals surface area contributed by atoms with E-state index in [2.05, 4.69) is 20.7 Å². The Labute approximate surface area is 93.3 Å². The van der Waals surface area contributed by atoms with E-state index in [9.17, 15) is 13.2 Å². The Morgan fingerprint density at radius 2 is 2.07 bits per heavy atom. The van der Waals surface area contributed by atoms with Crippen molar-refractivity contribution in [2.24, 2.45) is 0 Å². The predicted molar refractivity (Wildman–Crippen MR) is 54.6 cm³/mol. The second-order valence-corrected chi connectivity index (χ2v) is 4.03. The first kappa shape index (κ1) is 12.2. The molecule has 1 aromatic carbocycles. The van der Waals surface area contributed by atoms with Crippen molar-refractivity contribution in [3.8, 4) is 5.75 Å². The summed E-state index contributed by atoms with van der Waals surface area (Å²) in [6.07, 6.45) is 0. The van der Waals surface area contributed by atoms with Crippen LogP contribution in [0.1, 0.15) is 6.92 Å². The van der Waals surface area contributed by atoms with Crippen LogP contribution in [0.2, 0.25) is 0 Å². The average Bonchev–Trinajstić information content (AvgIpc) is 1.99. The van der Waals surface area contributed by atoms with Crippen LogP contribution in [0.5, 0.6) is 5.75 Å². The highest BCUT2D eigenvalue weighted by Gasteiger charge is 2.23. The minimum atomic E-state index is -3.01. The summed E-state index contributed by atoms with van der Waals surface area (Å²) < 4.78 is 43.0. The Balaban J connectivity index is 2.86. The van der Waals surface area contributed by atoms with Crippen molar-refractivity contribution in [2.75, 3.05) is 12.3 Å². The predicted octanol–water partition coefficient (Wildman–Crippen LogP) is 3.20. The van der Waals surface area contributed by atoms with E-state index in [0.717, 1.165) is 6.07 Å². The van der Waals surface area contributed by atoms with E-state index in [-0.39, 0.29) is 15.9 Å². The van der Waals surface area contributed by atoms with Crippen LogP contribution < -0.4 is 10.5 Å². The van der Waals surface area contributed by atoms with E-state index in [1.807, 2.05) is 0 Å². The molecule has 0 aliphatic carbocycles. The number of nitrogens with two attached hydrogens (primary N) is 1. The van der Waals surface area contributed by atoms with Crippen LogP contribution in [0.25, 0.3) is 0 Å². The molecule has 0 spiro atoms. The van der Waals surface area contributed by atoms with Gasteiger partial charge in [-0.15, -0.1) is 0 Å². The summed E-state index contributed by atoms with van der Waals surface area (Å²) in [4.78, 5) is 0. The number of hydrogen-bond acceptors (Lipinski definition) is 2. The summed E-state index contributed by atoms with van der Waals surface area (Å²) in [5, 5.41) is 0. The minimum absolute atomic E-state index is 0.190. The number of benzene rings is 1. The first-order valence-electron chi connectivity index (χ1n) is 4.05. The fraction of sp³-hybridized carbons (Fsp3) is 0.333. The highest BCUT2D eigenvalue weighted by atomic mass is 79.9. The molecule has 1 rings (SSSR count). The number of alkyl halides is 2. The van der Waals surface area contributed by atoms with E-state index >= 15 is 0 Å². The molecule has 15 heavy (non-hydrogen) atoms. The second kappa shape index (κ2) is 4.30. The number of rotatable bonds is 3. The van der Waals surface area contributed by atoms with Crippen molar-refractivity contribution in [3.05, 3.63) is 22.4 Å². The van der Waals surface area contributed by atoms with Crippen molar-refractivity contribution < 1.29 is 17.9 Å². The van der Waals surface area contributed by atoms with Gasteiger partial charge in [-0.25, -0.2) is 13.2 Å². The number of nitrogen functional groups attached to an aromatic ring is 1. The van der Waals surface area contributed by atoms with Crippen LogP contribution >= 0.6 is 15.9 Å². The van der Waals surface area contributed by atoms with Gasteiger partial charge in [0.25, 0.3) is 5.92 Å². The maximum Gasteiger partial charge on any atom is 0.278 e. The second-order valence-electron chi connectivity index (χ2n) is 3.17. The van der Waals surface area contributed by atoms with Gasteiger partial charge in [0.1, 0.15) is 0 Å². The number of anilines is 1. The quantitative estimate of drug-likeness (QED) is 0.865. The first-order chi connectivity index (χ1) is 6.79. The van der Waals surface area contributed by atoms with Gasteiger partial charge >= 0.3 is 0 Å². The Morgan fingerprint density at radius 1 is 1.47 bits per heavy atom. The third kappa shape index (κ3) is 3.62. The third-order valence-corrected chi connectivity index (χ3v) is 2.08. The van der Waals surface area contributed by atoms with Gasteiger partial charge in [-0.2, -0.15) is 0 Å². The molecule has 0 fully saturated rings. The molecule has 0 atom stereocenters. The monoisotopic (exact) mass is 283 g/mol. The van der Waals surface area contributed by atoms with E-state index < -0.39 is 18.3 Å². The first-order valence-corrected chi connectivity index (χ1v) is 4.84. The summed E-state index contributed by atoms with van der Waals surface area (Å²) in [6, 6.07) is 2.39. The molecule has 0 aliphatic heterocycles. The molecule has 84 valence electrons. The van der Waals surface area contributed by atoms with Crippen molar-refractivity contribution in [2.45, 2.75) is 12.8 Å². The van der Waals surface area contributed by atoms with Crippen LogP contribution in [0.4, 0.5) is 18.9 Å². The molecule has 0 radical (unpaired) electrons. The molecule has 2 N–H and O–H groups in total. The normalized spacial score (nSPS) is 11.5. The summed E-state index contributed by atoms with van der Waals surface area (Å²) >= 11 is 2.98. The molecule has 2 nitrogen and oxygen atoms in total. The molecule has 0 saturated heterocycles. The van der Waals surface area contributed by atoms with Crippen molar-refractivity contribution in [3.63, 3.8) is 0 Å². The van der Waals surface area contributed by atoms with Crippen LogP contribution in [0, 0.1) is 5.82 Å². The smallest absolute Gasteiger partial charge is 0.278 e. The van der Waals surface area contributed by atoms with Gasteiger partial charge in [-0.05, 0) is 22.0 Å². The van der Waals surface area contributed by atoms with Gasteiger partial charge in [-0.3, -0.25) is 0 Å². The fourth-order valence-corrected chi connectivity index (χ4v) is 1.48. The lowest BCUT2D eigenvalue weighted by Gasteiger charge is -2.13. The van der Waals surface area contributed by atoms with Gasteiger partial charge in [0.05, 0.1) is 4.47 Å². The fourth-order valence-electron chi connectivity index (χ4n) is 0.916. The zero-order valence-corrected chi connectivity index (χ0v) is 9.45. The van der Waals surface area contributed by atoms with Crippen LogP contribution in [-0.2, 0) is 0 Å². The summed E-state index contributed by atoms with van der Waals surface area (Å²) in [6.45, 7) is -0.192. The standard InChI is InChI=1S/C9H9BrF3NO/c1-9(12,13)4-15-8-6(10)2-5(14)3-7(8)11/h2-3H,4,14H2,1H3. The largest absolute Gasteiger partial charge is 0.483 e. The van der Waals surface area contributed by atoms with Crippen molar-refractivity contribution >= 4 is 21.6 Å². The third-order valence-electron chi connectivity index (χ3n) is 1.49. The molecule has 0 bridgehead atoms. The average molecular weight is 284 g/mol. The van der Waals surface area contributed by atoms with E-state index in [4.69, 9.17) is 5.73 Å². The zero-order chi connectivity index (χ0) is 11.6. The Morgan fingerprint density at radius 3 is 2.53 bits per heavy atom. The zero-order valence-electron chi connectivity index (χ0n) is 7.86. The minimum Gasteiger partial charge on any atom is -0.483 e. The summed E-state index contributed by atoms with van der Waals surface area (Å²) in [5.41, 5.74) is 5.53. The molecule has 0 saturated carbocycles. The number of halogens is 4. The Hall–Kier alpha value is -0.910. The topological polar surface area (TPSA) is 35.2 Å². The summed E-state index contributed by atoms with van der Waals surface area (Å²) in [7, 11) is 0. The van der Waals surface area contributed by atoms with Gasteiger partial charge in [-0.1, -0.05) is 0 Å². The Kier molecular flexibility index (Phi) is 3.49. The van der Waals surface area contributed by atoms with Crippen LogP contribution in [-0.4, -0.2) is 12.5 Å². The summed E-state index contributed by atoms with van der Waals surface area (Å²) in [5.74, 6) is -4.04. The molecule has 6 heteroatoms. The van der Waals surface area contributed by atoms with Gasteiger partial charge in [0, 0.05) is 18.7 Å². The maximum absolute atomic E-state index is 13.2. The Bertz CT molecular complexity index is 342. The SMILES string of the molecule is CC(F)(F)COc1c(F)cc(N)cc1Br. The molecule has 0 unspecified atom stereocenters. The molecular formula is C9H9BrF3NO. The molecule has 1 aromatic rings. The highest BCUT2D eigenvalue weighted by Crippen LogP contribution is 2.31. The lowest BCUT2D eigenvalue weighted by Crippen LogP contribution is -2.21. The van der Waals surface area contributed by atoms with Crippen LogP contribution in [0.3, 0.4) is 0 Å². The van der Waals surface area contributed by atoms with Gasteiger partial charge in [0.2, 0.25) is 0 Å². The van der Waals surface area contributed by atoms with E-state index in [1.165, 1.54) is 6.07 Å². The van der Waals surface area contributed by atoms with E-state index in [0.29, 0.717) is 6.92 Å². The van der Waals surface area contributed by atoms with Gasteiger partial charge < -0.3 is 10.5 Å². The van der Waals surface area contributed by atoms with Crippen LogP contribution in [0.15, 0.2) is 16.6 Å². The lowest BCUT2D eigenvalue weighted by atomic mass is 10.3. The maximum atomic E-state index is 13.2.